The number of nitrogens with one attached hydrogen (secondary N) is 1. The standard InChI is InChI=1S/C29H28ClF2N3O2S/c1-33-21-7-9-22(10-8-21)35(29(36)28-27(30)26-23(32)4-3-5-25(26)38-28)16-19-12-17(6-11-24(19)37-2)18-13-20(31)15-34-14-18/h3-6,11-15,21-22,33H,7-10,16H2,1-2H3. The van der Waals surface area contributed by atoms with E-state index in [9.17, 15) is 13.6 Å². The summed E-state index contributed by atoms with van der Waals surface area (Å²) in [5, 5.41) is 3.76. The van der Waals surface area contributed by atoms with Crippen LogP contribution in [0.25, 0.3) is 21.2 Å². The number of halogens is 3. The minimum absolute atomic E-state index is 0.0255. The summed E-state index contributed by atoms with van der Waals surface area (Å²) in [6.07, 6.45) is 6.28. The number of hydrogen-bond acceptors (Lipinski definition) is 5. The number of pyridine rings is 1. The van der Waals surface area contributed by atoms with Crippen molar-refractivity contribution in [1.82, 2.24) is 15.2 Å². The third-order valence-corrected chi connectivity index (χ3v) is 8.90. The Bertz CT molecular complexity index is 1470. The normalized spacial score (nSPS) is 17.5. The van der Waals surface area contributed by atoms with Crippen molar-refractivity contribution in [3.63, 3.8) is 0 Å². The van der Waals surface area contributed by atoms with Crippen molar-refractivity contribution >= 4 is 38.9 Å². The van der Waals surface area contributed by atoms with Crippen LogP contribution in [0.3, 0.4) is 0 Å². The van der Waals surface area contributed by atoms with Crippen LogP contribution in [0.5, 0.6) is 5.75 Å². The number of aromatic nitrogens is 1. The van der Waals surface area contributed by atoms with Crippen LogP contribution in [-0.4, -0.2) is 42.0 Å². The van der Waals surface area contributed by atoms with E-state index in [0.717, 1.165) is 43.0 Å². The van der Waals surface area contributed by atoms with E-state index in [1.807, 2.05) is 30.1 Å². The maximum absolute atomic E-state index is 14.6. The molecule has 9 heteroatoms. The van der Waals surface area contributed by atoms with Crippen LogP contribution in [0, 0.1) is 11.6 Å². The van der Waals surface area contributed by atoms with Crippen molar-refractivity contribution in [2.24, 2.45) is 0 Å². The monoisotopic (exact) mass is 555 g/mol. The lowest BCUT2D eigenvalue weighted by atomic mass is 9.89. The predicted molar refractivity (Wildman–Crippen MR) is 148 cm³/mol. The number of thiophene rings is 1. The van der Waals surface area contributed by atoms with Crippen LogP contribution >= 0.6 is 22.9 Å². The molecule has 1 aliphatic rings. The lowest BCUT2D eigenvalue weighted by Gasteiger charge is -2.37. The summed E-state index contributed by atoms with van der Waals surface area (Å²) < 4.78 is 34.7. The number of carbonyl (C=O) groups is 1. The fourth-order valence-corrected chi connectivity index (χ4v) is 6.73. The second kappa shape index (κ2) is 11.4. The average molecular weight is 556 g/mol. The van der Waals surface area contributed by atoms with Gasteiger partial charge < -0.3 is 15.0 Å². The molecule has 1 saturated carbocycles. The summed E-state index contributed by atoms with van der Waals surface area (Å²) in [5.74, 6) is -0.483. The first kappa shape index (κ1) is 26.5. The largest absolute Gasteiger partial charge is 0.496 e. The fourth-order valence-electron chi connectivity index (χ4n) is 5.22. The molecule has 198 valence electrons. The smallest absolute Gasteiger partial charge is 0.266 e. The quantitative estimate of drug-likeness (QED) is 0.265. The van der Waals surface area contributed by atoms with Crippen LogP contribution in [0.2, 0.25) is 5.02 Å². The number of amides is 1. The minimum Gasteiger partial charge on any atom is -0.496 e. The van der Waals surface area contributed by atoms with Crippen molar-refractivity contribution in [2.75, 3.05) is 14.2 Å². The molecule has 0 bridgehead atoms. The van der Waals surface area contributed by atoms with Gasteiger partial charge in [-0.3, -0.25) is 9.78 Å². The molecule has 4 aromatic rings. The zero-order chi connectivity index (χ0) is 26.8. The summed E-state index contributed by atoms with van der Waals surface area (Å²) in [4.78, 5) is 20.2. The molecule has 0 spiro atoms. The zero-order valence-corrected chi connectivity index (χ0v) is 22.7. The summed E-state index contributed by atoms with van der Waals surface area (Å²) in [6.45, 7) is 0.264. The second-order valence-electron chi connectivity index (χ2n) is 9.50. The third kappa shape index (κ3) is 5.25. The minimum atomic E-state index is -0.443. The molecule has 2 aromatic carbocycles. The van der Waals surface area contributed by atoms with E-state index in [-0.39, 0.29) is 28.9 Å². The first-order valence-corrected chi connectivity index (χ1v) is 13.7. The van der Waals surface area contributed by atoms with E-state index < -0.39 is 11.6 Å². The van der Waals surface area contributed by atoms with Gasteiger partial charge in [-0.1, -0.05) is 23.7 Å². The lowest BCUT2D eigenvalue weighted by molar-refractivity contribution is 0.0604. The Kier molecular flexibility index (Phi) is 7.93. The molecule has 2 aromatic heterocycles. The maximum atomic E-state index is 14.6. The van der Waals surface area contributed by atoms with E-state index in [2.05, 4.69) is 10.3 Å². The summed E-state index contributed by atoms with van der Waals surface area (Å²) in [6, 6.07) is 12.1. The highest BCUT2D eigenvalue weighted by Gasteiger charge is 2.32. The maximum Gasteiger partial charge on any atom is 0.266 e. The number of methoxy groups -OCH3 is 1. The van der Waals surface area contributed by atoms with Crippen LogP contribution in [0.1, 0.15) is 40.9 Å². The highest BCUT2D eigenvalue weighted by atomic mass is 35.5. The molecule has 0 aliphatic heterocycles. The Labute approximate surface area is 229 Å². The van der Waals surface area contributed by atoms with Gasteiger partial charge in [-0.15, -0.1) is 11.3 Å². The molecule has 5 nitrogen and oxygen atoms in total. The number of carbonyl (C=O) groups excluding carboxylic acids is 1. The summed E-state index contributed by atoms with van der Waals surface area (Å²) in [7, 11) is 3.54. The highest BCUT2D eigenvalue weighted by Crippen LogP contribution is 2.39. The number of nitrogens with zero attached hydrogens (tertiary/aromatic N) is 2. The van der Waals surface area contributed by atoms with Crippen molar-refractivity contribution in [3.05, 3.63) is 82.0 Å². The Hall–Kier alpha value is -3.07. The van der Waals surface area contributed by atoms with Gasteiger partial charge >= 0.3 is 0 Å². The SMILES string of the molecule is CNC1CCC(N(Cc2cc(-c3cncc(F)c3)ccc2OC)C(=O)c2sc3cccc(F)c3c2Cl)CC1. The number of rotatable bonds is 7. The predicted octanol–water partition coefficient (Wildman–Crippen LogP) is 7.08. The molecule has 1 aliphatic carbocycles. The average Bonchev–Trinajstić information content (AvgIpc) is 3.28. The van der Waals surface area contributed by atoms with Crippen molar-refractivity contribution in [3.8, 4) is 16.9 Å². The first-order chi connectivity index (χ1) is 18.4. The molecule has 38 heavy (non-hydrogen) atoms. The molecular formula is C29H28ClF2N3O2S. The Balaban J connectivity index is 1.55. The molecule has 0 saturated heterocycles. The second-order valence-corrected chi connectivity index (χ2v) is 10.9. The number of fused-ring (bicyclic) bond motifs is 1. The van der Waals surface area contributed by atoms with E-state index in [0.29, 0.717) is 26.9 Å². The van der Waals surface area contributed by atoms with E-state index in [1.165, 1.54) is 23.5 Å². The van der Waals surface area contributed by atoms with Crippen molar-refractivity contribution < 1.29 is 18.3 Å². The fraction of sp³-hybridized carbons (Fsp3) is 0.310. The van der Waals surface area contributed by atoms with Gasteiger partial charge in [0.05, 0.1) is 18.3 Å². The third-order valence-electron chi connectivity index (χ3n) is 7.27. The van der Waals surface area contributed by atoms with E-state index >= 15 is 0 Å². The number of ether oxygens (including phenoxy) is 1. The van der Waals surface area contributed by atoms with Crippen LogP contribution < -0.4 is 10.1 Å². The molecule has 1 fully saturated rings. The van der Waals surface area contributed by atoms with E-state index in [1.54, 1.807) is 25.4 Å². The van der Waals surface area contributed by atoms with Crippen molar-refractivity contribution in [1.29, 1.82) is 0 Å². The molecule has 0 atom stereocenters. The number of hydrogen-bond donors (Lipinski definition) is 1. The van der Waals surface area contributed by atoms with Crippen molar-refractivity contribution in [2.45, 2.75) is 44.3 Å². The van der Waals surface area contributed by atoms with Crippen LogP contribution in [0.4, 0.5) is 8.78 Å². The van der Waals surface area contributed by atoms with Gasteiger partial charge in [0.15, 0.2) is 0 Å². The lowest BCUT2D eigenvalue weighted by Crippen LogP contribution is -2.44. The first-order valence-electron chi connectivity index (χ1n) is 12.5. The zero-order valence-electron chi connectivity index (χ0n) is 21.1. The molecule has 1 amide bonds. The van der Waals surface area contributed by atoms with Gasteiger partial charge in [-0.05, 0) is 68.6 Å². The van der Waals surface area contributed by atoms with Gasteiger partial charge in [0.2, 0.25) is 0 Å². The van der Waals surface area contributed by atoms with Crippen LogP contribution in [0.15, 0.2) is 54.9 Å². The Morgan fingerprint density at radius 1 is 1.13 bits per heavy atom. The van der Waals surface area contributed by atoms with Gasteiger partial charge in [-0.2, -0.15) is 0 Å². The van der Waals surface area contributed by atoms with Gasteiger partial charge in [0.25, 0.3) is 5.91 Å². The van der Waals surface area contributed by atoms with Gasteiger partial charge in [0, 0.05) is 46.0 Å². The molecule has 2 heterocycles. The molecule has 1 N–H and O–H groups in total. The molecular weight excluding hydrogens is 528 g/mol. The van der Waals surface area contributed by atoms with E-state index in [4.69, 9.17) is 16.3 Å². The Morgan fingerprint density at radius 2 is 1.92 bits per heavy atom. The summed E-state index contributed by atoms with van der Waals surface area (Å²) in [5.41, 5.74) is 2.17. The van der Waals surface area contributed by atoms with Gasteiger partial charge in [0.1, 0.15) is 22.3 Å². The molecule has 5 rings (SSSR count). The Morgan fingerprint density at radius 3 is 2.61 bits per heavy atom. The van der Waals surface area contributed by atoms with Gasteiger partial charge in [-0.25, -0.2) is 8.78 Å². The number of benzene rings is 2. The molecule has 0 unspecified atom stereocenters. The van der Waals surface area contributed by atoms with Crippen LogP contribution in [-0.2, 0) is 6.54 Å². The summed E-state index contributed by atoms with van der Waals surface area (Å²) >= 11 is 7.82. The molecule has 0 radical (unpaired) electrons. The highest BCUT2D eigenvalue weighted by molar-refractivity contribution is 7.21. The topological polar surface area (TPSA) is 54.5 Å².